The van der Waals surface area contributed by atoms with Crippen LogP contribution in [0.2, 0.25) is 0 Å². The molecule has 1 atom stereocenters. The van der Waals surface area contributed by atoms with Crippen molar-refractivity contribution in [2.24, 2.45) is 0 Å². The third-order valence-corrected chi connectivity index (χ3v) is 2.87. The van der Waals surface area contributed by atoms with Crippen LogP contribution >= 0.6 is 0 Å². The van der Waals surface area contributed by atoms with E-state index in [9.17, 15) is 9.59 Å². The highest BCUT2D eigenvalue weighted by Crippen LogP contribution is 2.08. The van der Waals surface area contributed by atoms with Gasteiger partial charge in [-0.1, -0.05) is 19.8 Å². The Morgan fingerprint density at radius 3 is 2.64 bits per heavy atom. The molecule has 0 saturated carbocycles. The second kappa shape index (κ2) is 8.46. The first-order valence-corrected chi connectivity index (χ1v) is 7.61. The van der Waals surface area contributed by atoms with E-state index in [4.69, 9.17) is 9.15 Å². The van der Waals surface area contributed by atoms with E-state index in [2.05, 4.69) is 10.6 Å². The Hall–Kier alpha value is -1.98. The molecule has 1 rings (SSSR count). The van der Waals surface area contributed by atoms with Crippen LogP contribution in [-0.2, 0) is 16.1 Å². The van der Waals surface area contributed by atoms with Crippen molar-refractivity contribution in [1.82, 2.24) is 10.6 Å². The second-order valence-electron chi connectivity index (χ2n) is 6.14. The number of amides is 2. The Morgan fingerprint density at radius 2 is 2.09 bits per heavy atom. The third kappa shape index (κ3) is 7.15. The molecular weight excluding hydrogens is 284 g/mol. The van der Waals surface area contributed by atoms with Crippen molar-refractivity contribution in [3.63, 3.8) is 0 Å². The van der Waals surface area contributed by atoms with E-state index in [-0.39, 0.29) is 5.91 Å². The van der Waals surface area contributed by atoms with Gasteiger partial charge < -0.3 is 19.8 Å². The average molecular weight is 310 g/mol. The van der Waals surface area contributed by atoms with Crippen molar-refractivity contribution in [1.29, 1.82) is 0 Å². The summed E-state index contributed by atoms with van der Waals surface area (Å²) >= 11 is 0. The van der Waals surface area contributed by atoms with Crippen LogP contribution < -0.4 is 10.6 Å². The third-order valence-electron chi connectivity index (χ3n) is 2.87. The van der Waals surface area contributed by atoms with Crippen molar-refractivity contribution in [3.8, 4) is 0 Å². The summed E-state index contributed by atoms with van der Waals surface area (Å²) in [5, 5.41) is 5.39. The molecule has 0 spiro atoms. The summed E-state index contributed by atoms with van der Waals surface area (Å²) in [5.74, 6) is 0.426. The zero-order valence-corrected chi connectivity index (χ0v) is 13.8. The molecule has 0 saturated heterocycles. The first-order valence-electron chi connectivity index (χ1n) is 7.61. The van der Waals surface area contributed by atoms with E-state index in [1.807, 2.05) is 6.92 Å². The number of unbranched alkanes of at least 4 members (excludes halogenated alkanes) is 1. The fourth-order valence-corrected chi connectivity index (χ4v) is 1.84. The van der Waals surface area contributed by atoms with Crippen molar-refractivity contribution >= 4 is 12.0 Å². The van der Waals surface area contributed by atoms with Gasteiger partial charge in [0.2, 0.25) is 5.91 Å². The Labute approximate surface area is 131 Å². The van der Waals surface area contributed by atoms with Gasteiger partial charge in [0, 0.05) is 0 Å². The zero-order chi connectivity index (χ0) is 16.6. The molecule has 6 heteroatoms. The number of furan rings is 1. The molecule has 0 bridgehead atoms. The molecule has 0 aliphatic heterocycles. The number of nitrogens with one attached hydrogen (secondary N) is 2. The molecule has 1 aromatic rings. The molecule has 0 fully saturated rings. The molecule has 6 nitrogen and oxygen atoms in total. The van der Waals surface area contributed by atoms with Crippen LogP contribution in [0.3, 0.4) is 0 Å². The van der Waals surface area contributed by atoms with Crippen LogP contribution in [0.5, 0.6) is 0 Å². The average Bonchev–Trinajstić information content (AvgIpc) is 2.91. The monoisotopic (exact) mass is 310 g/mol. The number of hydrogen-bond acceptors (Lipinski definition) is 4. The highest BCUT2D eigenvalue weighted by atomic mass is 16.6. The maximum Gasteiger partial charge on any atom is 0.408 e. The van der Waals surface area contributed by atoms with Gasteiger partial charge >= 0.3 is 6.09 Å². The SMILES string of the molecule is CCCCC(NC(=O)OC(C)(C)C)C(=O)NCc1ccco1. The molecule has 124 valence electrons. The predicted octanol–water partition coefficient (Wildman–Crippen LogP) is 2.98. The molecule has 0 aliphatic rings. The molecule has 1 aromatic heterocycles. The number of ether oxygens (including phenoxy) is 1. The molecule has 1 heterocycles. The second-order valence-corrected chi connectivity index (χ2v) is 6.14. The summed E-state index contributed by atoms with van der Waals surface area (Å²) in [5.41, 5.74) is -0.593. The molecule has 0 aromatic carbocycles. The Kier molecular flexibility index (Phi) is 6.95. The van der Waals surface area contributed by atoms with E-state index < -0.39 is 17.7 Å². The summed E-state index contributed by atoms with van der Waals surface area (Å²) < 4.78 is 10.4. The minimum atomic E-state index is -0.607. The molecular formula is C16H26N2O4. The van der Waals surface area contributed by atoms with Crippen molar-refractivity contribution in [2.45, 2.75) is 65.1 Å². The maximum atomic E-state index is 12.2. The minimum Gasteiger partial charge on any atom is -0.467 e. The normalized spacial score (nSPS) is 12.5. The lowest BCUT2D eigenvalue weighted by Gasteiger charge is -2.23. The van der Waals surface area contributed by atoms with E-state index in [1.165, 1.54) is 0 Å². The largest absolute Gasteiger partial charge is 0.467 e. The van der Waals surface area contributed by atoms with Gasteiger partial charge in [-0.25, -0.2) is 4.79 Å². The molecule has 1 unspecified atom stereocenters. The molecule has 2 amide bonds. The van der Waals surface area contributed by atoms with Crippen molar-refractivity contribution in [3.05, 3.63) is 24.2 Å². The Bertz CT molecular complexity index is 463. The van der Waals surface area contributed by atoms with E-state index >= 15 is 0 Å². The van der Waals surface area contributed by atoms with Crippen LogP contribution in [-0.4, -0.2) is 23.6 Å². The highest BCUT2D eigenvalue weighted by molar-refractivity contribution is 5.85. The number of rotatable bonds is 7. The van der Waals surface area contributed by atoms with Gasteiger partial charge in [-0.15, -0.1) is 0 Å². The molecule has 0 radical (unpaired) electrons. The number of carbonyl (C=O) groups excluding carboxylic acids is 2. The van der Waals surface area contributed by atoms with E-state index in [0.29, 0.717) is 18.7 Å². The lowest BCUT2D eigenvalue weighted by atomic mass is 10.1. The predicted molar refractivity (Wildman–Crippen MR) is 83.2 cm³/mol. The van der Waals surface area contributed by atoms with Crippen molar-refractivity contribution < 1.29 is 18.7 Å². The summed E-state index contributed by atoms with van der Waals surface area (Å²) in [6.45, 7) is 7.68. The Morgan fingerprint density at radius 1 is 1.36 bits per heavy atom. The number of hydrogen-bond donors (Lipinski definition) is 2. The standard InChI is InChI=1S/C16H26N2O4/c1-5-6-9-13(18-15(20)22-16(2,3)4)14(19)17-11-12-8-7-10-21-12/h7-8,10,13H,5-6,9,11H2,1-4H3,(H,17,19)(H,18,20). The van der Waals surface area contributed by atoms with E-state index in [0.717, 1.165) is 12.8 Å². The summed E-state index contributed by atoms with van der Waals surface area (Å²) in [6, 6.07) is 2.93. The van der Waals surface area contributed by atoms with Gasteiger partial charge in [-0.05, 0) is 39.3 Å². The number of alkyl carbamates (subject to hydrolysis) is 1. The first-order chi connectivity index (χ1) is 10.3. The van der Waals surface area contributed by atoms with Gasteiger partial charge in [0.1, 0.15) is 17.4 Å². The summed E-state index contributed by atoms with van der Waals surface area (Å²) in [7, 11) is 0. The summed E-state index contributed by atoms with van der Waals surface area (Å²) in [6.07, 6.45) is 3.32. The highest BCUT2D eigenvalue weighted by Gasteiger charge is 2.23. The zero-order valence-electron chi connectivity index (χ0n) is 13.8. The topological polar surface area (TPSA) is 80.6 Å². The fraction of sp³-hybridized carbons (Fsp3) is 0.625. The lowest BCUT2D eigenvalue weighted by Crippen LogP contribution is -2.48. The van der Waals surface area contributed by atoms with Crippen LogP contribution in [0.15, 0.2) is 22.8 Å². The van der Waals surface area contributed by atoms with Gasteiger partial charge in [0.05, 0.1) is 12.8 Å². The van der Waals surface area contributed by atoms with Crippen molar-refractivity contribution in [2.75, 3.05) is 0 Å². The fourth-order valence-electron chi connectivity index (χ4n) is 1.84. The van der Waals surface area contributed by atoms with Crippen LogP contribution in [0.4, 0.5) is 4.79 Å². The lowest BCUT2D eigenvalue weighted by molar-refractivity contribution is -0.123. The molecule has 0 aliphatic carbocycles. The Balaban J connectivity index is 2.54. The van der Waals surface area contributed by atoms with Gasteiger partial charge in [-0.3, -0.25) is 4.79 Å². The number of carbonyl (C=O) groups is 2. The summed E-state index contributed by atoms with van der Waals surface area (Å²) in [4.78, 5) is 24.1. The van der Waals surface area contributed by atoms with E-state index in [1.54, 1.807) is 39.2 Å². The van der Waals surface area contributed by atoms with Gasteiger partial charge in [0.15, 0.2) is 0 Å². The smallest absolute Gasteiger partial charge is 0.408 e. The molecule has 2 N–H and O–H groups in total. The van der Waals surface area contributed by atoms with Gasteiger partial charge in [0.25, 0.3) is 0 Å². The van der Waals surface area contributed by atoms with Crippen LogP contribution in [0.1, 0.15) is 52.7 Å². The first kappa shape index (κ1) is 18.1. The quantitative estimate of drug-likeness (QED) is 0.811. The maximum absolute atomic E-state index is 12.2. The molecule has 22 heavy (non-hydrogen) atoms. The minimum absolute atomic E-state index is 0.240. The van der Waals surface area contributed by atoms with Crippen LogP contribution in [0, 0.1) is 0 Å². The van der Waals surface area contributed by atoms with Gasteiger partial charge in [-0.2, -0.15) is 0 Å². The van der Waals surface area contributed by atoms with Crippen LogP contribution in [0.25, 0.3) is 0 Å².